The van der Waals surface area contributed by atoms with Crippen molar-refractivity contribution in [2.24, 2.45) is 0 Å². The number of amides is 1. The molecule has 0 unspecified atom stereocenters. The quantitative estimate of drug-likeness (QED) is 0.370. The molecule has 0 radical (unpaired) electrons. The van der Waals surface area contributed by atoms with Crippen molar-refractivity contribution in [3.8, 4) is 11.3 Å². The second-order valence-corrected chi connectivity index (χ2v) is 8.06. The maximum Gasteiger partial charge on any atom is 0.274 e. The van der Waals surface area contributed by atoms with Crippen molar-refractivity contribution in [2.75, 3.05) is 5.32 Å². The molecule has 2 aromatic carbocycles. The summed E-state index contributed by atoms with van der Waals surface area (Å²) >= 11 is 18.2. The zero-order valence-corrected chi connectivity index (χ0v) is 18.4. The van der Waals surface area contributed by atoms with Gasteiger partial charge in [-0.1, -0.05) is 40.9 Å². The number of hydrogen-bond acceptors (Lipinski definition) is 3. The largest absolute Gasteiger partial charge is 0.304 e. The Labute approximate surface area is 191 Å². The van der Waals surface area contributed by atoms with E-state index in [4.69, 9.17) is 34.8 Å². The normalized spacial score (nSPS) is 11.0. The van der Waals surface area contributed by atoms with Gasteiger partial charge >= 0.3 is 0 Å². The number of halogens is 4. The zero-order chi connectivity index (χ0) is 22.1. The lowest BCUT2D eigenvalue weighted by Gasteiger charge is -2.06. The summed E-state index contributed by atoms with van der Waals surface area (Å²) < 4.78 is 14.9. The van der Waals surface area contributed by atoms with E-state index < -0.39 is 11.7 Å². The highest BCUT2D eigenvalue weighted by atomic mass is 35.5. The maximum atomic E-state index is 13.2. The van der Waals surface area contributed by atoms with Crippen LogP contribution < -0.4 is 5.32 Å². The molecule has 0 saturated carbocycles. The van der Waals surface area contributed by atoms with Gasteiger partial charge in [0, 0.05) is 27.4 Å². The highest BCUT2D eigenvalue weighted by Crippen LogP contribution is 2.29. The van der Waals surface area contributed by atoms with E-state index in [1.165, 1.54) is 12.1 Å². The number of carbonyl (C=O) groups excluding carboxylic acids is 1. The van der Waals surface area contributed by atoms with Gasteiger partial charge in [-0.25, -0.2) is 4.39 Å². The van der Waals surface area contributed by atoms with Crippen molar-refractivity contribution >= 4 is 46.5 Å². The smallest absolute Gasteiger partial charge is 0.274 e. The van der Waals surface area contributed by atoms with E-state index in [0.717, 1.165) is 5.69 Å². The Morgan fingerprint density at radius 1 is 1.10 bits per heavy atom. The van der Waals surface area contributed by atoms with Gasteiger partial charge < -0.3 is 5.32 Å². The fourth-order valence-electron chi connectivity index (χ4n) is 3.00. The van der Waals surface area contributed by atoms with Gasteiger partial charge in [0.1, 0.15) is 11.5 Å². The Morgan fingerprint density at radius 2 is 1.90 bits per heavy atom. The summed E-state index contributed by atoms with van der Waals surface area (Å²) in [5, 5.41) is 15.2. The Balaban J connectivity index is 1.49. The summed E-state index contributed by atoms with van der Waals surface area (Å²) in [5.41, 5.74) is 2.92. The molecule has 0 aliphatic carbocycles. The molecule has 0 aliphatic rings. The summed E-state index contributed by atoms with van der Waals surface area (Å²) in [6, 6.07) is 12.5. The van der Waals surface area contributed by atoms with Crippen LogP contribution >= 0.6 is 34.8 Å². The van der Waals surface area contributed by atoms with E-state index in [1.54, 1.807) is 41.1 Å². The van der Waals surface area contributed by atoms with Crippen LogP contribution in [0.15, 0.2) is 48.5 Å². The summed E-state index contributed by atoms with van der Waals surface area (Å²) in [6.45, 7) is 2.18. The minimum absolute atomic E-state index is 0.245. The van der Waals surface area contributed by atoms with Crippen molar-refractivity contribution < 1.29 is 9.18 Å². The summed E-state index contributed by atoms with van der Waals surface area (Å²) in [6.07, 6.45) is 0. The van der Waals surface area contributed by atoms with E-state index in [2.05, 4.69) is 20.6 Å². The fraction of sp³-hybridized carbons (Fsp3) is 0.0952. The monoisotopic (exact) mass is 477 g/mol. The molecule has 10 heteroatoms. The molecular formula is C21H15Cl3FN5O. The third kappa shape index (κ3) is 4.74. The molecule has 4 aromatic rings. The summed E-state index contributed by atoms with van der Waals surface area (Å²) in [7, 11) is 0. The van der Waals surface area contributed by atoms with Gasteiger partial charge in [0.15, 0.2) is 5.82 Å². The lowest BCUT2D eigenvalue weighted by molar-refractivity contribution is 0.102. The molecule has 4 rings (SSSR count). The highest BCUT2D eigenvalue weighted by molar-refractivity contribution is 6.36. The van der Waals surface area contributed by atoms with E-state index in [9.17, 15) is 9.18 Å². The van der Waals surface area contributed by atoms with Crippen molar-refractivity contribution in [3.05, 3.63) is 86.4 Å². The van der Waals surface area contributed by atoms with Gasteiger partial charge in [0.05, 0.1) is 17.3 Å². The highest BCUT2D eigenvalue weighted by Gasteiger charge is 2.15. The first-order chi connectivity index (χ1) is 14.8. The number of carbonyl (C=O) groups is 1. The molecule has 0 bridgehead atoms. The van der Waals surface area contributed by atoms with Gasteiger partial charge in [-0.15, -0.1) is 0 Å². The SMILES string of the molecule is Cc1cc(NC(=O)c2cc(-c3ccc(Cl)cc3Cl)n[nH]2)nn1Cc1ccc(F)cc1Cl. The van der Waals surface area contributed by atoms with Crippen LogP contribution in [-0.4, -0.2) is 25.9 Å². The van der Waals surface area contributed by atoms with Crippen molar-refractivity contribution in [1.29, 1.82) is 0 Å². The molecule has 6 nitrogen and oxygen atoms in total. The number of nitrogens with one attached hydrogen (secondary N) is 2. The predicted octanol–water partition coefficient (Wildman–Crippen LogP) is 5.98. The Kier molecular flexibility index (Phi) is 6.00. The number of hydrogen-bond donors (Lipinski definition) is 2. The number of anilines is 1. The minimum atomic E-state index is -0.409. The topological polar surface area (TPSA) is 75.6 Å². The van der Waals surface area contributed by atoms with Crippen LogP contribution in [-0.2, 0) is 6.54 Å². The van der Waals surface area contributed by atoms with Crippen LogP contribution in [0.25, 0.3) is 11.3 Å². The molecule has 1 amide bonds. The first-order valence-corrected chi connectivity index (χ1v) is 10.2. The van der Waals surface area contributed by atoms with Crippen molar-refractivity contribution in [2.45, 2.75) is 13.5 Å². The maximum absolute atomic E-state index is 13.2. The van der Waals surface area contributed by atoms with E-state index >= 15 is 0 Å². The molecule has 0 aliphatic heterocycles. The molecule has 158 valence electrons. The van der Waals surface area contributed by atoms with Crippen molar-refractivity contribution in [3.63, 3.8) is 0 Å². The first kappa shape index (κ1) is 21.4. The Morgan fingerprint density at radius 3 is 2.65 bits per heavy atom. The fourth-order valence-corrected chi connectivity index (χ4v) is 3.73. The summed E-state index contributed by atoms with van der Waals surface area (Å²) in [5.74, 6) is -0.451. The molecule has 0 saturated heterocycles. The Bertz CT molecular complexity index is 1280. The van der Waals surface area contributed by atoms with Crippen LogP contribution in [0.5, 0.6) is 0 Å². The average molecular weight is 479 g/mol. The van der Waals surface area contributed by atoms with Gasteiger partial charge in [-0.3, -0.25) is 14.6 Å². The molecule has 2 aromatic heterocycles. The molecule has 0 spiro atoms. The van der Waals surface area contributed by atoms with E-state index in [-0.39, 0.29) is 5.69 Å². The van der Waals surface area contributed by atoms with Gasteiger partial charge in [0.25, 0.3) is 5.91 Å². The van der Waals surface area contributed by atoms with Crippen LogP contribution in [0.4, 0.5) is 10.2 Å². The van der Waals surface area contributed by atoms with Gasteiger partial charge in [-0.05, 0) is 48.9 Å². The number of benzene rings is 2. The van der Waals surface area contributed by atoms with Gasteiger partial charge in [-0.2, -0.15) is 10.2 Å². The number of rotatable bonds is 5. The standard InChI is InChI=1S/C21H15Cl3FN5O/c1-11-6-20(29-30(11)10-12-2-4-14(25)8-16(12)23)26-21(31)19-9-18(27-28-19)15-5-3-13(22)7-17(15)24/h2-9H,10H2,1H3,(H,27,28)(H,26,29,31). The first-order valence-electron chi connectivity index (χ1n) is 9.11. The molecule has 0 atom stereocenters. The van der Waals surface area contributed by atoms with Crippen LogP contribution in [0, 0.1) is 12.7 Å². The number of aromatic amines is 1. The number of aromatic nitrogens is 4. The minimum Gasteiger partial charge on any atom is -0.304 e. The number of H-pyrrole nitrogens is 1. The number of aryl methyl sites for hydroxylation is 1. The molecule has 31 heavy (non-hydrogen) atoms. The zero-order valence-electron chi connectivity index (χ0n) is 16.1. The third-order valence-corrected chi connectivity index (χ3v) is 5.49. The molecule has 2 N–H and O–H groups in total. The van der Waals surface area contributed by atoms with Crippen LogP contribution in [0.1, 0.15) is 21.7 Å². The van der Waals surface area contributed by atoms with Crippen LogP contribution in [0.3, 0.4) is 0 Å². The number of nitrogens with zero attached hydrogens (tertiary/aromatic N) is 3. The van der Waals surface area contributed by atoms with E-state index in [0.29, 0.717) is 44.3 Å². The molecule has 2 heterocycles. The molecular weight excluding hydrogens is 464 g/mol. The third-order valence-electron chi connectivity index (χ3n) is 4.59. The predicted molar refractivity (Wildman–Crippen MR) is 119 cm³/mol. The Hall–Kier alpha value is -2.87. The summed E-state index contributed by atoms with van der Waals surface area (Å²) in [4.78, 5) is 12.6. The average Bonchev–Trinajstić information content (AvgIpc) is 3.31. The lowest BCUT2D eigenvalue weighted by Crippen LogP contribution is -2.13. The van der Waals surface area contributed by atoms with Crippen molar-refractivity contribution in [1.82, 2.24) is 20.0 Å². The van der Waals surface area contributed by atoms with Crippen LogP contribution in [0.2, 0.25) is 15.1 Å². The second-order valence-electron chi connectivity index (χ2n) is 6.81. The second kappa shape index (κ2) is 8.70. The molecule has 0 fully saturated rings. The lowest BCUT2D eigenvalue weighted by atomic mass is 10.1. The van der Waals surface area contributed by atoms with Gasteiger partial charge in [0.2, 0.25) is 0 Å². The van der Waals surface area contributed by atoms with E-state index in [1.807, 2.05) is 6.92 Å².